The van der Waals surface area contributed by atoms with E-state index < -0.39 is 28.0 Å². The van der Waals surface area contributed by atoms with Crippen molar-refractivity contribution >= 4 is 34.2 Å². The number of carbonyl (C=O) groups excluding carboxylic acids is 1. The number of hydrogen-bond donors (Lipinski definition) is 1. The van der Waals surface area contributed by atoms with Gasteiger partial charge in [0.1, 0.15) is 16.8 Å². The maximum atomic E-state index is 13.0. The van der Waals surface area contributed by atoms with Gasteiger partial charge >= 0.3 is 5.97 Å². The van der Waals surface area contributed by atoms with Gasteiger partial charge in [0.15, 0.2) is 0 Å². The predicted molar refractivity (Wildman–Crippen MR) is 85.5 cm³/mol. The maximum absolute atomic E-state index is 13.0. The lowest BCUT2D eigenvalue weighted by Crippen LogP contribution is -2.30. The van der Waals surface area contributed by atoms with Crippen LogP contribution in [0.15, 0.2) is 29.8 Å². The van der Waals surface area contributed by atoms with Gasteiger partial charge in [0.25, 0.3) is 0 Å². The first-order valence-corrected chi connectivity index (χ1v) is 8.61. The molecule has 0 spiro atoms. The Morgan fingerprint density at radius 1 is 1.55 bits per heavy atom. The number of nitrogens with one attached hydrogen (secondary N) is 1. The van der Waals surface area contributed by atoms with Crippen molar-refractivity contribution in [1.29, 1.82) is 0 Å². The summed E-state index contributed by atoms with van der Waals surface area (Å²) in [5, 5.41) is -0.320. The fraction of sp³-hybridized carbons (Fsp3) is 0.400. The number of allylic oxidation sites excluding steroid dienone is 1. The number of carbonyl (C=O) groups is 1. The predicted octanol–water partition coefficient (Wildman–Crippen LogP) is 3.60. The summed E-state index contributed by atoms with van der Waals surface area (Å²) in [6.45, 7) is 2.00. The van der Waals surface area contributed by atoms with E-state index in [-0.39, 0.29) is 11.6 Å². The van der Waals surface area contributed by atoms with Crippen LogP contribution in [0.3, 0.4) is 0 Å². The number of ether oxygens (including phenoxy) is 1. The number of esters is 1. The number of anilines is 1. The van der Waals surface area contributed by atoms with Crippen LogP contribution >= 0.6 is 11.6 Å². The lowest BCUT2D eigenvalue weighted by atomic mass is 9.99. The van der Waals surface area contributed by atoms with E-state index in [0.717, 1.165) is 18.9 Å². The molecule has 1 N–H and O–H groups in total. The van der Waals surface area contributed by atoms with Crippen LogP contribution in [0.4, 0.5) is 10.1 Å². The Bertz CT molecular complexity index is 621. The summed E-state index contributed by atoms with van der Waals surface area (Å²) in [7, 11) is -1.55. The Morgan fingerprint density at radius 3 is 3.00 bits per heavy atom. The molecule has 4 nitrogen and oxygen atoms in total. The highest BCUT2D eigenvalue weighted by Gasteiger charge is 2.29. The van der Waals surface area contributed by atoms with E-state index in [1.807, 2.05) is 0 Å². The van der Waals surface area contributed by atoms with Gasteiger partial charge in [-0.3, -0.25) is 0 Å². The summed E-state index contributed by atoms with van der Waals surface area (Å²) in [5.41, 5.74) is 0.798. The zero-order valence-corrected chi connectivity index (χ0v) is 13.7. The Morgan fingerprint density at radius 2 is 2.32 bits per heavy atom. The molecule has 0 fully saturated rings. The molecule has 0 heterocycles. The van der Waals surface area contributed by atoms with Crippen LogP contribution in [0.1, 0.15) is 26.2 Å². The van der Waals surface area contributed by atoms with Gasteiger partial charge in [-0.25, -0.2) is 13.4 Å². The standard InChI is InChI=1S/C15H17ClFNO3S/c1-2-21-15(19)11-5-3-4-6-14(11)22(20)18-13-8-7-10(17)9-12(13)16/h5,7-9,14,18H,2-4,6H2,1H3. The normalized spacial score (nSPS) is 19.2. The first kappa shape index (κ1) is 17.0. The summed E-state index contributed by atoms with van der Waals surface area (Å²) < 4.78 is 33.3. The lowest BCUT2D eigenvalue weighted by Gasteiger charge is -2.23. The van der Waals surface area contributed by atoms with Crippen molar-refractivity contribution < 1.29 is 18.1 Å². The Balaban J connectivity index is 2.14. The van der Waals surface area contributed by atoms with E-state index in [4.69, 9.17) is 16.3 Å². The van der Waals surface area contributed by atoms with Gasteiger partial charge in [0.05, 0.1) is 28.1 Å². The Hall–Kier alpha value is -1.40. The molecule has 0 aliphatic heterocycles. The third kappa shape index (κ3) is 4.08. The third-order valence-electron chi connectivity index (χ3n) is 3.29. The van der Waals surface area contributed by atoms with Gasteiger partial charge in [-0.05, 0) is 44.4 Å². The first-order valence-electron chi connectivity index (χ1n) is 7.02. The van der Waals surface area contributed by atoms with Crippen LogP contribution in [0.2, 0.25) is 5.02 Å². The van der Waals surface area contributed by atoms with E-state index in [1.165, 1.54) is 12.1 Å². The van der Waals surface area contributed by atoms with Crippen LogP contribution in [0.25, 0.3) is 0 Å². The van der Waals surface area contributed by atoms with Crippen LogP contribution < -0.4 is 4.72 Å². The van der Waals surface area contributed by atoms with E-state index in [1.54, 1.807) is 13.0 Å². The van der Waals surface area contributed by atoms with Crippen molar-refractivity contribution in [3.8, 4) is 0 Å². The van der Waals surface area contributed by atoms with Gasteiger partial charge < -0.3 is 9.46 Å². The average molecular weight is 346 g/mol. The summed E-state index contributed by atoms with van der Waals surface area (Å²) in [6.07, 6.45) is 4.00. The molecular weight excluding hydrogens is 329 g/mol. The minimum absolute atomic E-state index is 0.144. The molecule has 2 unspecified atom stereocenters. The molecule has 7 heteroatoms. The molecule has 0 amide bonds. The molecule has 2 rings (SSSR count). The molecule has 0 bridgehead atoms. The number of halogens is 2. The Kier molecular flexibility index (Phi) is 5.97. The highest BCUT2D eigenvalue weighted by molar-refractivity contribution is 7.87. The van der Waals surface area contributed by atoms with Crippen molar-refractivity contribution in [2.45, 2.75) is 31.4 Å². The molecule has 1 aromatic rings. The smallest absolute Gasteiger partial charge is 0.334 e. The van der Waals surface area contributed by atoms with Crippen molar-refractivity contribution in [1.82, 2.24) is 0 Å². The van der Waals surface area contributed by atoms with E-state index in [0.29, 0.717) is 17.7 Å². The summed E-state index contributed by atoms with van der Waals surface area (Å²) in [6, 6.07) is 3.80. The lowest BCUT2D eigenvalue weighted by molar-refractivity contribution is -0.138. The highest BCUT2D eigenvalue weighted by Crippen LogP contribution is 2.28. The van der Waals surface area contributed by atoms with E-state index >= 15 is 0 Å². The molecule has 2 atom stereocenters. The van der Waals surface area contributed by atoms with Crippen LogP contribution in [-0.4, -0.2) is 22.0 Å². The second-order valence-electron chi connectivity index (χ2n) is 4.82. The van der Waals surface area contributed by atoms with Gasteiger partial charge in [-0.2, -0.15) is 0 Å². The molecule has 1 aliphatic carbocycles. The molecule has 1 aliphatic rings. The van der Waals surface area contributed by atoms with Crippen molar-refractivity contribution in [2.24, 2.45) is 0 Å². The summed E-state index contributed by atoms with van der Waals surface area (Å²) in [4.78, 5) is 11.9. The molecular formula is C15H17ClFNO3S. The SMILES string of the molecule is CCOC(=O)C1=CCCCC1S(=O)Nc1ccc(F)cc1Cl. The maximum Gasteiger partial charge on any atom is 0.334 e. The minimum Gasteiger partial charge on any atom is -0.463 e. The topological polar surface area (TPSA) is 55.4 Å². The van der Waals surface area contributed by atoms with E-state index in [9.17, 15) is 13.4 Å². The van der Waals surface area contributed by atoms with Crippen molar-refractivity contribution in [2.75, 3.05) is 11.3 Å². The van der Waals surface area contributed by atoms with Gasteiger partial charge in [-0.15, -0.1) is 0 Å². The van der Waals surface area contributed by atoms with E-state index in [2.05, 4.69) is 4.72 Å². The van der Waals surface area contributed by atoms with Crippen LogP contribution in [0.5, 0.6) is 0 Å². The Labute approximate surface area is 136 Å². The summed E-state index contributed by atoms with van der Waals surface area (Å²) >= 11 is 5.92. The monoisotopic (exact) mass is 345 g/mol. The van der Waals surface area contributed by atoms with Crippen molar-refractivity contribution in [3.05, 3.63) is 40.7 Å². The fourth-order valence-electron chi connectivity index (χ4n) is 2.25. The molecule has 1 aromatic carbocycles. The molecule has 0 radical (unpaired) electrons. The van der Waals surface area contributed by atoms with Gasteiger partial charge in [0, 0.05) is 0 Å². The van der Waals surface area contributed by atoms with Crippen molar-refractivity contribution in [3.63, 3.8) is 0 Å². The minimum atomic E-state index is -1.55. The molecule has 0 aromatic heterocycles. The third-order valence-corrected chi connectivity index (χ3v) is 5.03. The zero-order valence-electron chi connectivity index (χ0n) is 12.1. The largest absolute Gasteiger partial charge is 0.463 e. The molecule has 0 saturated heterocycles. The number of benzene rings is 1. The molecule has 22 heavy (non-hydrogen) atoms. The second kappa shape index (κ2) is 7.74. The van der Waals surface area contributed by atoms with Gasteiger partial charge in [-0.1, -0.05) is 17.7 Å². The van der Waals surface area contributed by atoms with Crippen LogP contribution in [0, 0.1) is 5.82 Å². The molecule has 120 valence electrons. The zero-order chi connectivity index (χ0) is 16.1. The molecule has 0 saturated carbocycles. The fourth-order valence-corrected chi connectivity index (χ4v) is 3.86. The quantitative estimate of drug-likeness (QED) is 0.830. The second-order valence-corrected chi connectivity index (χ2v) is 6.60. The van der Waals surface area contributed by atoms with Gasteiger partial charge in [0.2, 0.25) is 0 Å². The number of rotatable bonds is 5. The first-order chi connectivity index (χ1) is 10.5. The summed E-state index contributed by atoms with van der Waals surface area (Å²) in [5.74, 6) is -0.904. The highest BCUT2D eigenvalue weighted by atomic mass is 35.5. The van der Waals surface area contributed by atoms with Crippen LogP contribution in [-0.2, 0) is 20.5 Å². The number of hydrogen-bond acceptors (Lipinski definition) is 3. The average Bonchev–Trinajstić information content (AvgIpc) is 2.50.